The van der Waals surface area contributed by atoms with Crippen LogP contribution in [-0.4, -0.2) is 22.8 Å². The van der Waals surface area contributed by atoms with E-state index in [4.69, 9.17) is 17.0 Å². The number of aromatic nitrogens is 2. The summed E-state index contributed by atoms with van der Waals surface area (Å²) in [4.78, 5) is 3.29. The van der Waals surface area contributed by atoms with E-state index < -0.39 is 0 Å². The SMILES string of the molecule is S=c1[nH]c2cc(I)ccc2n1CC1CCCOC1. The van der Waals surface area contributed by atoms with Crippen LogP contribution in [0.1, 0.15) is 12.8 Å². The molecule has 3 rings (SSSR count). The first kappa shape index (κ1) is 12.6. The maximum Gasteiger partial charge on any atom is 0.178 e. The first-order valence-corrected chi connectivity index (χ1v) is 7.68. The van der Waals surface area contributed by atoms with Gasteiger partial charge in [0.1, 0.15) is 0 Å². The van der Waals surface area contributed by atoms with Crippen molar-refractivity contribution in [3.8, 4) is 0 Å². The minimum atomic E-state index is 0.587. The van der Waals surface area contributed by atoms with Crippen LogP contribution >= 0.6 is 34.8 Å². The van der Waals surface area contributed by atoms with Gasteiger partial charge in [-0.2, -0.15) is 0 Å². The molecule has 18 heavy (non-hydrogen) atoms. The lowest BCUT2D eigenvalue weighted by atomic mass is 10.0. The molecule has 1 aromatic carbocycles. The van der Waals surface area contributed by atoms with Gasteiger partial charge in [-0.1, -0.05) is 0 Å². The van der Waals surface area contributed by atoms with Gasteiger partial charge >= 0.3 is 0 Å². The first-order valence-electron chi connectivity index (χ1n) is 6.20. The van der Waals surface area contributed by atoms with Crippen molar-refractivity contribution < 1.29 is 4.74 Å². The summed E-state index contributed by atoms with van der Waals surface area (Å²) in [5.74, 6) is 0.587. The fraction of sp³-hybridized carbons (Fsp3) is 0.462. The van der Waals surface area contributed by atoms with Crippen molar-refractivity contribution in [1.29, 1.82) is 0 Å². The molecule has 3 nitrogen and oxygen atoms in total. The number of nitrogens with zero attached hydrogens (tertiary/aromatic N) is 1. The summed E-state index contributed by atoms with van der Waals surface area (Å²) < 4.78 is 9.80. The molecule has 0 spiro atoms. The van der Waals surface area contributed by atoms with E-state index in [0.717, 1.165) is 36.5 Å². The molecule has 5 heteroatoms. The quantitative estimate of drug-likeness (QED) is 0.641. The molecule has 1 aliphatic heterocycles. The molecule has 0 amide bonds. The maximum absolute atomic E-state index is 5.54. The third-order valence-electron chi connectivity index (χ3n) is 3.43. The molecule has 1 aliphatic rings. The largest absolute Gasteiger partial charge is 0.381 e. The Morgan fingerprint density at radius 3 is 3.17 bits per heavy atom. The number of nitrogens with one attached hydrogen (secondary N) is 1. The van der Waals surface area contributed by atoms with Crippen LogP contribution in [0.15, 0.2) is 18.2 Å². The molecule has 1 atom stereocenters. The Bertz CT molecular complexity index is 613. The molecule has 0 saturated carbocycles. The molecule has 96 valence electrons. The highest BCUT2D eigenvalue weighted by atomic mass is 127. The molecule has 0 radical (unpaired) electrons. The van der Waals surface area contributed by atoms with Crippen LogP contribution in [0.2, 0.25) is 0 Å². The van der Waals surface area contributed by atoms with E-state index in [1.54, 1.807) is 0 Å². The van der Waals surface area contributed by atoms with Crippen LogP contribution < -0.4 is 0 Å². The zero-order chi connectivity index (χ0) is 12.5. The average Bonchev–Trinajstić information content (AvgIpc) is 2.66. The van der Waals surface area contributed by atoms with E-state index in [-0.39, 0.29) is 0 Å². The second-order valence-electron chi connectivity index (χ2n) is 4.79. The Kier molecular flexibility index (Phi) is 3.72. The van der Waals surface area contributed by atoms with E-state index in [2.05, 4.69) is 50.3 Å². The lowest BCUT2D eigenvalue weighted by molar-refractivity contribution is 0.0486. The molecular weight excluding hydrogens is 359 g/mol. The standard InChI is InChI=1S/C13H15IN2OS/c14-10-3-4-12-11(6-10)15-13(18)16(12)7-9-2-1-5-17-8-9/h3-4,6,9H,1-2,5,7-8H2,(H,15,18). The minimum Gasteiger partial charge on any atom is -0.381 e. The Labute approximate surface area is 125 Å². The van der Waals surface area contributed by atoms with Crippen LogP contribution in [0.25, 0.3) is 11.0 Å². The lowest BCUT2D eigenvalue weighted by Gasteiger charge is -2.22. The number of H-pyrrole nitrogens is 1. The summed E-state index contributed by atoms with van der Waals surface area (Å²) in [6.07, 6.45) is 2.40. The number of hydrogen-bond donors (Lipinski definition) is 1. The summed E-state index contributed by atoms with van der Waals surface area (Å²) in [5, 5.41) is 0. The lowest BCUT2D eigenvalue weighted by Crippen LogP contribution is -2.22. The maximum atomic E-state index is 5.54. The van der Waals surface area contributed by atoms with Crippen molar-refractivity contribution in [2.24, 2.45) is 5.92 Å². The smallest absolute Gasteiger partial charge is 0.178 e. The number of hydrogen-bond acceptors (Lipinski definition) is 2. The van der Waals surface area contributed by atoms with Crippen LogP contribution in [-0.2, 0) is 11.3 Å². The fourth-order valence-corrected chi connectivity index (χ4v) is 3.30. The third-order valence-corrected chi connectivity index (χ3v) is 4.42. The van der Waals surface area contributed by atoms with Crippen molar-refractivity contribution in [3.63, 3.8) is 0 Å². The van der Waals surface area contributed by atoms with Gasteiger partial charge in [-0.3, -0.25) is 0 Å². The van der Waals surface area contributed by atoms with Gasteiger partial charge in [0.15, 0.2) is 4.77 Å². The minimum absolute atomic E-state index is 0.587. The highest BCUT2D eigenvalue weighted by Gasteiger charge is 2.16. The molecule has 0 bridgehead atoms. The Hall–Kier alpha value is -0.400. The molecule has 0 aliphatic carbocycles. The Balaban J connectivity index is 1.95. The van der Waals surface area contributed by atoms with Crippen LogP contribution in [0.4, 0.5) is 0 Å². The molecule has 1 unspecified atom stereocenters. The molecule has 1 saturated heterocycles. The topological polar surface area (TPSA) is 29.9 Å². The van der Waals surface area contributed by atoms with Gasteiger partial charge in [0.2, 0.25) is 0 Å². The highest BCUT2D eigenvalue weighted by molar-refractivity contribution is 14.1. The van der Waals surface area contributed by atoms with Gasteiger partial charge in [0.25, 0.3) is 0 Å². The van der Waals surface area contributed by atoms with Crippen molar-refractivity contribution >= 4 is 45.8 Å². The van der Waals surface area contributed by atoms with E-state index in [1.165, 1.54) is 15.5 Å². The number of benzene rings is 1. The second-order valence-corrected chi connectivity index (χ2v) is 6.42. The number of rotatable bonds is 2. The first-order chi connectivity index (χ1) is 8.74. The summed E-state index contributed by atoms with van der Waals surface area (Å²) in [7, 11) is 0. The zero-order valence-electron chi connectivity index (χ0n) is 9.99. The highest BCUT2D eigenvalue weighted by Crippen LogP contribution is 2.21. The molecule has 2 heterocycles. The number of halogens is 1. The van der Waals surface area contributed by atoms with E-state index in [9.17, 15) is 0 Å². The summed E-state index contributed by atoms with van der Waals surface area (Å²) in [6, 6.07) is 6.41. The van der Waals surface area contributed by atoms with Crippen molar-refractivity contribution in [3.05, 3.63) is 26.5 Å². The van der Waals surface area contributed by atoms with Gasteiger partial charge in [0.05, 0.1) is 17.6 Å². The molecule has 1 aromatic heterocycles. The Morgan fingerprint density at radius 1 is 1.50 bits per heavy atom. The van der Waals surface area contributed by atoms with Crippen LogP contribution in [0.5, 0.6) is 0 Å². The predicted octanol–water partition coefficient (Wildman–Crippen LogP) is 3.73. The predicted molar refractivity (Wildman–Crippen MR) is 83.4 cm³/mol. The number of imidazole rings is 1. The van der Waals surface area contributed by atoms with Crippen LogP contribution in [0, 0.1) is 14.3 Å². The monoisotopic (exact) mass is 374 g/mol. The number of aromatic amines is 1. The molecular formula is C13H15IN2OS. The molecule has 1 N–H and O–H groups in total. The van der Waals surface area contributed by atoms with Gasteiger partial charge in [-0.25, -0.2) is 0 Å². The zero-order valence-corrected chi connectivity index (χ0v) is 13.0. The van der Waals surface area contributed by atoms with Crippen molar-refractivity contribution in [2.45, 2.75) is 19.4 Å². The number of fused-ring (bicyclic) bond motifs is 1. The van der Waals surface area contributed by atoms with Gasteiger partial charge in [-0.15, -0.1) is 0 Å². The van der Waals surface area contributed by atoms with E-state index in [1.807, 2.05) is 0 Å². The van der Waals surface area contributed by atoms with Crippen molar-refractivity contribution in [2.75, 3.05) is 13.2 Å². The van der Waals surface area contributed by atoms with Gasteiger partial charge < -0.3 is 14.3 Å². The molecule has 1 fully saturated rings. The summed E-state index contributed by atoms with van der Waals surface area (Å²) >= 11 is 7.75. The normalized spacial score (nSPS) is 20.4. The van der Waals surface area contributed by atoms with Crippen LogP contribution in [0.3, 0.4) is 0 Å². The average molecular weight is 374 g/mol. The fourth-order valence-electron chi connectivity index (χ4n) is 2.53. The van der Waals surface area contributed by atoms with Crippen molar-refractivity contribution in [1.82, 2.24) is 9.55 Å². The molecule has 2 aromatic rings. The number of ether oxygens (including phenoxy) is 1. The van der Waals surface area contributed by atoms with E-state index >= 15 is 0 Å². The second kappa shape index (κ2) is 5.30. The Morgan fingerprint density at radius 2 is 2.39 bits per heavy atom. The van der Waals surface area contributed by atoms with E-state index in [0.29, 0.717) is 5.92 Å². The van der Waals surface area contributed by atoms with Gasteiger partial charge in [-0.05, 0) is 65.8 Å². The van der Waals surface area contributed by atoms with Gasteiger partial charge in [0, 0.05) is 22.6 Å². The summed E-state index contributed by atoms with van der Waals surface area (Å²) in [6.45, 7) is 2.73. The summed E-state index contributed by atoms with van der Waals surface area (Å²) in [5.41, 5.74) is 2.33. The third kappa shape index (κ3) is 2.48.